The molecule has 0 bridgehead atoms. The molecule has 1 N–H and O–H groups in total. The first-order valence-electron chi connectivity index (χ1n) is 8.55. The van der Waals surface area contributed by atoms with Crippen molar-refractivity contribution in [3.8, 4) is 11.5 Å². The number of ether oxygens (including phenoxy) is 2. The molecule has 0 saturated carbocycles. The Kier molecular flexibility index (Phi) is 5.71. The number of methoxy groups -OCH3 is 2. The number of benzene rings is 2. The van der Waals surface area contributed by atoms with E-state index in [4.69, 9.17) is 9.47 Å². The van der Waals surface area contributed by atoms with Gasteiger partial charge in [0.15, 0.2) is 11.5 Å². The van der Waals surface area contributed by atoms with Gasteiger partial charge < -0.3 is 14.8 Å². The third-order valence-corrected chi connectivity index (χ3v) is 4.24. The van der Waals surface area contributed by atoms with Crippen LogP contribution in [0.2, 0.25) is 0 Å². The van der Waals surface area contributed by atoms with Crippen LogP contribution in [0.4, 0.5) is 0 Å². The zero-order chi connectivity index (χ0) is 19.2. The molecule has 1 aromatic heterocycles. The first-order valence-corrected chi connectivity index (χ1v) is 8.55. The third kappa shape index (κ3) is 4.25. The molecule has 1 amide bonds. The van der Waals surface area contributed by atoms with Crippen LogP contribution in [0.15, 0.2) is 53.5 Å². The van der Waals surface area contributed by atoms with E-state index in [0.717, 1.165) is 5.56 Å². The molecule has 0 aliphatic heterocycles. The first kappa shape index (κ1) is 18.4. The van der Waals surface area contributed by atoms with E-state index in [1.165, 1.54) is 10.9 Å². The molecule has 0 unspecified atom stereocenters. The van der Waals surface area contributed by atoms with E-state index in [1.54, 1.807) is 32.4 Å². The number of carbonyl (C=O) groups excluding carboxylic acids is 1. The highest BCUT2D eigenvalue weighted by Gasteiger charge is 2.08. The molecule has 140 valence electrons. The molecule has 3 rings (SSSR count). The zero-order valence-electron chi connectivity index (χ0n) is 15.3. The number of hydrogen-bond acceptors (Lipinski definition) is 5. The van der Waals surface area contributed by atoms with Gasteiger partial charge in [0.2, 0.25) is 11.3 Å². The molecule has 7 heteroatoms. The summed E-state index contributed by atoms with van der Waals surface area (Å²) in [6.45, 7) is 0.527. The summed E-state index contributed by atoms with van der Waals surface area (Å²) in [6.07, 6.45) is 1.89. The number of aromatic nitrogens is 2. The van der Waals surface area contributed by atoms with Crippen LogP contribution in [0, 0.1) is 0 Å². The molecular weight excluding hydrogens is 346 g/mol. The number of nitrogens with zero attached hydrogens (tertiary/aromatic N) is 2. The Morgan fingerprint density at radius 2 is 1.89 bits per heavy atom. The van der Waals surface area contributed by atoms with Crippen molar-refractivity contribution in [2.45, 2.75) is 13.0 Å². The van der Waals surface area contributed by atoms with E-state index in [0.29, 0.717) is 35.4 Å². The van der Waals surface area contributed by atoms with Crippen molar-refractivity contribution in [2.24, 2.45) is 0 Å². The van der Waals surface area contributed by atoms with Crippen molar-refractivity contribution in [3.05, 3.63) is 64.4 Å². The molecule has 3 aromatic rings. The van der Waals surface area contributed by atoms with E-state index in [-0.39, 0.29) is 17.9 Å². The highest BCUT2D eigenvalue weighted by atomic mass is 16.5. The largest absolute Gasteiger partial charge is 0.493 e. The minimum Gasteiger partial charge on any atom is -0.493 e. The molecule has 0 atom stereocenters. The molecule has 0 saturated heterocycles. The van der Waals surface area contributed by atoms with Crippen molar-refractivity contribution in [2.75, 3.05) is 20.8 Å². The Balaban J connectivity index is 1.61. The van der Waals surface area contributed by atoms with Crippen LogP contribution < -0.4 is 20.2 Å². The first-order chi connectivity index (χ1) is 13.1. The zero-order valence-corrected chi connectivity index (χ0v) is 15.3. The Bertz CT molecular complexity index is 1010. The lowest BCUT2D eigenvalue weighted by molar-refractivity contribution is -0.121. The summed E-state index contributed by atoms with van der Waals surface area (Å²) in [7, 11) is 3.18. The lowest BCUT2D eigenvalue weighted by Gasteiger charge is -2.11. The maximum Gasteiger partial charge on any atom is 0.241 e. The van der Waals surface area contributed by atoms with E-state index in [2.05, 4.69) is 10.4 Å². The molecule has 1 heterocycles. The average molecular weight is 367 g/mol. The molecule has 27 heavy (non-hydrogen) atoms. The van der Waals surface area contributed by atoms with Crippen LogP contribution in [0.1, 0.15) is 5.56 Å². The van der Waals surface area contributed by atoms with Crippen LogP contribution in [-0.2, 0) is 17.8 Å². The number of para-hydroxylation sites is 1. The fourth-order valence-corrected chi connectivity index (χ4v) is 2.86. The van der Waals surface area contributed by atoms with Crippen molar-refractivity contribution in [1.29, 1.82) is 0 Å². The average Bonchev–Trinajstić information content (AvgIpc) is 2.70. The van der Waals surface area contributed by atoms with Crippen molar-refractivity contribution >= 4 is 16.8 Å². The van der Waals surface area contributed by atoms with Gasteiger partial charge in [-0.3, -0.25) is 14.3 Å². The van der Waals surface area contributed by atoms with Crippen molar-refractivity contribution < 1.29 is 14.3 Å². The van der Waals surface area contributed by atoms with Gasteiger partial charge in [-0.1, -0.05) is 18.2 Å². The number of nitrogens with one attached hydrogen (secondary N) is 1. The fourth-order valence-electron chi connectivity index (χ4n) is 2.86. The normalized spacial score (nSPS) is 10.6. The SMILES string of the molecule is COc1ccc(CCNC(=O)Cn2ncc(=O)c3ccccc32)cc1OC. The highest BCUT2D eigenvalue weighted by molar-refractivity contribution is 5.81. The number of rotatable bonds is 7. The minimum absolute atomic E-state index is 0.0483. The predicted octanol–water partition coefficient (Wildman–Crippen LogP) is 1.77. The molecule has 7 nitrogen and oxygen atoms in total. The van der Waals surface area contributed by atoms with Gasteiger partial charge in [-0.2, -0.15) is 5.10 Å². The van der Waals surface area contributed by atoms with Crippen LogP contribution >= 0.6 is 0 Å². The second-order valence-electron chi connectivity index (χ2n) is 5.97. The summed E-state index contributed by atoms with van der Waals surface area (Å²) in [5, 5.41) is 7.49. The summed E-state index contributed by atoms with van der Waals surface area (Å²) in [6, 6.07) is 12.8. The Labute approximate surface area is 156 Å². The van der Waals surface area contributed by atoms with Crippen molar-refractivity contribution in [3.63, 3.8) is 0 Å². The monoisotopic (exact) mass is 367 g/mol. The summed E-state index contributed by atoms with van der Waals surface area (Å²) in [5.74, 6) is 1.16. The molecule has 0 spiro atoms. The van der Waals surface area contributed by atoms with E-state index in [9.17, 15) is 9.59 Å². The quantitative estimate of drug-likeness (QED) is 0.688. The van der Waals surface area contributed by atoms with E-state index >= 15 is 0 Å². The van der Waals surface area contributed by atoms with Gasteiger partial charge in [0.25, 0.3) is 0 Å². The van der Waals surface area contributed by atoms with Gasteiger partial charge in [0.05, 0.1) is 25.9 Å². The summed E-state index contributed by atoms with van der Waals surface area (Å²) >= 11 is 0. The molecule has 2 aromatic carbocycles. The van der Waals surface area contributed by atoms with Crippen LogP contribution in [0.5, 0.6) is 11.5 Å². The van der Waals surface area contributed by atoms with Gasteiger partial charge in [-0.25, -0.2) is 0 Å². The topological polar surface area (TPSA) is 82.5 Å². The minimum atomic E-state index is -0.170. The number of fused-ring (bicyclic) bond motifs is 1. The maximum absolute atomic E-state index is 12.3. The Morgan fingerprint density at radius 1 is 1.11 bits per heavy atom. The highest BCUT2D eigenvalue weighted by Crippen LogP contribution is 2.27. The summed E-state index contributed by atoms with van der Waals surface area (Å²) in [4.78, 5) is 24.1. The molecule has 0 radical (unpaired) electrons. The lowest BCUT2D eigenvalue weighted by Crippen LogP contribution is -2.30. The standard InChI is InChI=1S/C20H21N3O4/c1-26-18-8-7-14(11-19(18)27-2)9-10-21-20(25)13-23-16-6-4-3-5-15(16)17(24)12-22-23/h3-8,11-12H,9-10,13H2,1-2H3,(H,21,25). The van der Waals surface area contributed by atoms with Crippen LogP contribution in [0.25, 0.3) is 10.9 Å². The number of amides is 1. The molecule has 0 aliphatic rings. The second kappa shape index (κ2) is 8.35. The fraction of sp³-hybridized carbons (Fsp3) is 0.250. The molecule has 0 aliphatic carbocycles. The number of hydrogen-bond donors (Lipinski definition) is 1. The second-order valence-corrected chi connectivity index (χ2v) is 5.97. The van der Waals surface area contributed by atoms with E-state index in [1.807, 2.05) is 24.3 Å². The maximum atomic E-state index is 12.3. The summed E-state index contributed by atoms with van der Waals surface area (Å²) < 4.78 is 12.0. The Hall–Kier alpha value is -3.35. The molecule has 0 fully saturated rings. The van der Waals surface area contributed by atoms with Gasteiger partial charge in [0, 0.05) is 11.9 Å². The van der Waals surface area contributed by atoms with Gasteiger partial charge in [-0.05, 0) is 36.2 Å². The predicted molar refractivity (Wildman–Crippen MR) is 102 cm³/mol. The lowest BCUT2D eigenvalue weighted by atomic mass is 10.1. The third-order valence-electron chi connectivity index (χ3n) is 4.24. The van der Waals surface area contributed by atoms with Crippen molar-refractivity contribution in [1.82, 2.24) is 15.1 Å². The summed E-state index contributed by atoms with van der Waals surface area (Å²) in [5.41, 5.74) is 1.51. The molecular formula is C20H21N3O4. The van der Waals surface area contributed by atoms with Crippen LogP contribution in [0.3, 0.4) is 0 Å². The van der Waals surface area contributed by atoms with Gasteiger partial charge in [0.1, 0.15) is 6.54 Å². The van der Waals surface area contributed by atoms with Crippen LogP contribution in [-0.4, -0.2) is 36.5 Å². The number of carbonyl (C=O) groups is 1. The Morgan fingerprint density at radius 3 is 2.67 bits per heavy atom. The van der Waals surface area contributed by atoms with E-state index < -0.39 is 0 Å². The van der Waals surface area contributed by atoms with Gasteiger partial charge >= 0.3 is 0 Å². The smallest absolute Gasteiger partial charge is 0.241 e. The van der Waals surface area contributed by atoms with Gasteiger partial charge in [-0.15, -0.1) is 0 Å².